The Bertz CT molecular complexity index is 236. The minimum atomic E-state index is -0.614. The highest BCUT2D eigenvalue weighted by Gasteiger charge is 2.35. The second-order valence-electron chi connectivity index (χ2n) is 5.29. The van der Waals surface area contributed by atoms with Crippen molar-refractivity contribution < 1.29 is 9.90 Å². The van der Waals surface area contributed by atoms with Crippen molar-refractivity contribution in [1.29, 1.82) is 0 Å². The highest BCUT2D eigenvalue weighted by atomic mass is 16.4. The molecule has 0 aromatic heterocycles. The van der Waals surface area contributed by atoms with Crippen LogP contribution in [0.2, 0.25) is 0 Å². The molecule has 1 saturated heterocycles. The zero-order valence-electron chi connectivity index (χ0n) is 9.48. The van der Waals surface area contributed by atoms with E-state index in [4.69, 9.17) is 5.11 Å². The minimum Gasteiger partial charge on any atom is -0.481 e. The maximum absolute atomic E-state index is 11.0. The van der Waals surface area contributed by atoms with E-state index in [1.807, 2.05) is 0 Å². The molecule has 1 heterocycles. The van der Waals surface area contributed by atoms with Crippen LogP contribution in [-0.2, 0) is 4.79 Å². The first-order valence-corrected chi connectivity index (χ1v) is 6.12. The SMILES string of the molecule is C[C@@H]1CN(CC2CCCC2)C[C@H]1C(=O)O. The first-order chi connectivity index (χ1) is 7.16. The highest BCUT2D eigenvalue weighted by Crippen LogP contribution is 2.29. The number of likely N-dealkylation sites (tertiary alicyclic amines) is 1. The lowest BCUT2D eigenvalue weighted by Crippen LogP contribution is -2.27. The van der Waals surface area contributed by atoms with E-state index in [0.29, 0.717) is 5.92 Å². The second kappa shape index (κ2) is 4.52. The molecule has 86 valence electrons. The first kappa shape index (κ1) is 10.9. The van der Waals surface area contributed by atoms with E-state index in [2.05, 4.69) is 11.8 Å². The van der Waals surface area contributed by atoms with Crippen LogP contribution in [0.1, 0.15) is 32.6 Å². The molecule has 0 unspecified atom stereocenters. The summed E-state index contributed by atoms with van der Waals surface area (Å²) in [5.41, 5.74) is 0. The van der Waals surface area contributed by atoms with E-state index >= 15 is 0 Å². The van der Waals surface area contributed by atoms with Gasteiger partial charge in [0, 0.05) is 19.6 Å². The second-order valence-corrected chi connectivity index (χ2v) is 5.29. The fraction of sp³-hybridized carbons (Fsp3) is 0.917. The number of nitrogens with zero attached hydrogens (tertiary/aromatic N) is 1. The predicted octanol–water partition coefficient (Wildman–Crippen LogP) is 1.83. The summed E-state index contributed by atoms with van der Waals surface area (Å²) >= 11 is 0. The average Bonchev–Trinajstić information content (AvgIpc) is 2.75. The molecule has 3 nitrogen and oxygen atoms in total. The van der Waals surface area contributed by atoms with Gasteiger partial charge in [-0.25, -0.2) is 0 Å². The van der Waals surface area contributed by atoms with Crippen LogP contribution in [0.5, 0.6) is 0 Å². The third-order valence-electron chi connectivity index (χ3n) is 4.00. The number of hydrogen-bond acceptors (Lipinski definition) is 2. The van der Waals surface area contributed by atoms with Crippen molar-refractivity contribution >= 4 is 5.97 Å². The molecule has 2 atom stereocenters. The quantitative estimate of drug-likeness (QED) is 0.774. The number of hydrogen-bond donors (Lipinski definition) is 1. The van der Waals surface area contributed by atoms with Crippen LogP contribution in [0.25, 0.3) is 0 Å². The zero-order chi connectivity index (χ0) is 10.8. The van der Waals surface area contributed by atoms with E-state index in [-0.39, 0.29) is 5.92 Å². The Morgan fingerprint density at radius 1 is 1.33 bits per heavy atom. The molecule has 0 amide bonds. The van der Waals surface area contributed by atoms with Crippen LogP contribution in [0.3, 0.4) is 0 Å². The molecule has 2 rings (SSSR count). The smallest absolute Gasteiger partial charge is 0.308 e. The summed E-state index contributed by atoms with van der Waals surface area (Å²) in [6, 6.07) is 0. The molecule has 1 aliphatic carbocycles. The molecule has 0 aromatic rings. The van der Waals surface area contributed by atoms with E-state index < -0.39 is 5.97 Å². The summed E-state index contributed by atoms with van der Waals surface area (Å²) in [5.74, 6) is 0.413. The largest absolute Gasteiger partial charge is 0.481 e. The third-order valence-corrected chi connectivity index (χ3v) is 4.00. The molecular formula is C12H21NO2. The first-order valence-electron chi connectivity index (χ1n) is 6.12. The lowest BCUT2D eigenvalue weighted by atomic mass is 9.99. The molecule has 2 aliphatic rings. The summed E-state index contributed by atoms with van der Waals surface area (Å²) in [6.07, 6.45) is 5.44. The Morgan fingerprint density at radius 3 is 2.53 bits per heavy atom. The summed E-state index contributed by atoms with van der Waals surface area (Å²) in [4.78, 5) is 13.3. The van der Waals surface area contributed by atoms with Gasteiger partial charge in [-0.1, -0.05) is 19.8 Å². The fourth-order valence-electron chi connectivity index (χ4n) is 3.10. The van der Waals surface area contributed by atoms with Gasteiger partial charge < -0.3 is 10.0 Å². The van der Waals surface area contributed by atoms with E-state index in [1.54, 1.807) is 0 Å². The van der Waals surface area contributed by atoms with Crippen LogP contribution < -0.4 is 0 Å². The number of carbonyl (C=O) groups is 1. The number of aliphatic carboxylic acids is 1. The Hall–Kier alpha value is -0.570. The van der Waals surface area contributed by atoms with Crippen LogP contribution in [0.4, 0.5) is 0 Å². The van der Waals surface area contributed by atoms with Gasteiger partial charge in [-0.05, 0) is 24.7 Å². The van der Waals surface area contributed by atoms with Crippen LogP contribution in [0.15, 0.2) is 0 Å². The Kier molecular flexibility index (Phi) is 3.29. The van der Waals surface area contributed by atoms with Crippen molar-refractivity contribution in [3.05, 3.63) is 0 Å². The molecule has 0 bridgehead atoms. The van der Waals surface area contributed by atoms with Crippen LogP contribution in [0, 0.1) is 17.8 Å². The summed E-state index contributed by atoms with van der Waals surface area (Å²) in [6.45, 7) is 4.95. The highest BCUT2D eigenvalue weighted by molar-refractivity contribution is 5.71. The van der Waals surface area contributed by atoms with Gasteiger partial charge in [-0.15, -0.1) is 0 Å². The zero-order valence-corrected chi connectivity index (χ0v) is 9.48. The third kappa shape index (κ3) is 2.51. The van der Waals surface area contributed by atoms with E-state index in [1.165, 1.54) is 25.7 Å². The van der Waals surface area contributed by atoms with Crippen molar-refractivity contribution in [2.45, 2.75) is 32.6 Å². The van der Waals surface area contributed by atoms with E-state index in [0.717, 1.165) is 25.6 Å². The molecule has 1 saturated carbocycles. The van der Waals surface area contributed by atoms with Gasteiger partial charge in [-0.2, -0.15) is 0 Å². The van der Waals surface area contributed by atoms with Crippen molar-refractivity contribution in [3.63, 3.8) is 0 Å². The maximum atomic E-state index is 11.0. The van der Waals surface area contributed by atoms with Crippen molar-refractivity contribution in [1.82, 2.24) is 4.90 Å². The maximum Gasteiger partial charge on any atom is 0.308 e. The predicted molar refractivity (Wildman–Crippen MR) is 58.7 cm³/mol. The lowest BCUT2D eigenvalue weighted by Gasteiger charge is -2.19. The standard InChI is InChI=1S/C12H21NO2/c1-9-6-13(8-11(9)12(14)15)7-10-4-2-3-5-10/h9-11H,2-8H2,1H3,(H,14,15)/t9-,11-/m1/s1. The van der Waals surface area contributed by atoms with Crippen molar-refractivity contribution in [2.24, 2.45) is 17.8 Å². The number of rotatable bonds is 3. The molecule has 0 spiro atoms. The molecule has 3 heteroatoms. The van der Waals surface area contributed by atoms with Gasteiger partial charge >= 0.3 is 5.97 Å². The Morgan fingerprint density at radius 2 is 2.00 bits per heavy atom. The summed E-state index contributed by atoms with van der Waals surface area (Å²) in [5, 5.41) is 9.04. The van der Waals surface area contributed by atoms with Crippen LogP contribution in [-0.4, -0.2) is 35.6 Å². The molecule has 2 fully saturated rings. The summed E-state index contributed by atoms with van der Waals surface area (Å²) < 4.78 is 0. The molecule has 15 heavy (non-hydrogen) atoms. The van der Waals surface area contributed by atoms with Gasteiger partial charge in [-0.3, -0.25) is 4.79 Å². The fourth-order valence-corrected chi connectivity index (χ4v) is 3.10. The molecule has 1 aliphatic heterocycles. The molecular weight excluding hydrogens is 190 g/mol. The lowest BCUT2D eigenvalue weighted by molar-refractivity contribution is -0.142. The normalized spacial score (nSPS) is 33.7. The topological polar surface area (TPSA) is 40.5 Å². The average molecular weight is 211 g/mol. The van der Waals surface area contributed by atoms with Gasteiger partial charge in [0.05, 0.1) is 5.92 Å². The Balaban J connectivity index is 1.82. The number of carboxylic acids is 1. The minimum absolute atomic E-state index is 0.133. The molecule has 1 N–H and O–H groups in total. The molecule has 0 radical (unpaired) electrons. The monoisotopic (exact) mass is 211 g/mol. The Labute approximate surface area is 91.5 Å². The van der Waals surface area contributed by atoms with Crippen molar-refractivity contribution in [3.8, 4) is 0 Å². The van der Waals surface area contributed by atoms with Crippen molar-refractivity contribution in [2.75, 3.05) is 19.6 Å². The number of carboxylic acid groups (broad SMARTS) is 1. The van der Waals surface area contributed by atoms with Gasteiger partial charge in [0.2, 0.25) is 0 Å². The van der Waals surface area contributed by atoms with Gasteiger partial charge in [0.25, 0.3) is 0 Å². The molecule has 0 aromatic carbocycles. The van der Waals surface area contributed by atoms with E-state index in [9.17, 15) is 4.79 Å². The summed E-state index contributed by atoms with van der Waals surface area (Å²) in [7, 11) is 0. The van der Waals surface area contributed by atoms with Gasteiger partial charge in [0.1, 0.15) is 0 Å². The van der Waals surface area contributed by atoms with Gasteiger partial charge in [0.15, 0.2) is 0 Å². The van der Waals surface area contributed by atoms with Crippen LogP contribution >= 0.6 is 0 Å².